The second-order valence-electron chi connectivity index (χ2n) is 2.98. The van der Waals surface area contributed by atoms with E-state index < -0.39 is 0 Å². The third kappa shape index (κ3) is 2.98. The summed E-state index contributed by atoms with van der Waals surface area (Å²) < 4.78 is 10.2. The number of ether oxygens (including phenoxy) is 2. The molecule has 0 unspecified atom stereocenters. The van der Waals surface area contributed by atoms with Crippen LogP contribution in [0.1, 0.15) is 10.4 Å². The summed E-state index contributed by atoms with van der Waals surface area (Å²) in [6.07, 6.45) is 0.696. The van der Waals surface area contributed by atoms with Gasteiger partial charge in [0.2, 0.25) is 0 Å². The maximum absolute atomic E-state index is 10.9. The predicted octanol–water partition coefficient (Wildman–Crippen LogP) is 0.632. The molecule has 1 aromatic carbocycles. The maximum atomic E-state index is 10.9. The van der Waals surface area contributed by atoms with Crippen molar-refractivity contribution in [2.24, 2.45) is 0 Å². The van der Waals surface area contributed by atoms with Crippen LogP contribution in [0.2, 0.25) is 0 Å². The van der Waals surface area contributed by atoms with E-state index in [1.807, 2.05) is 0 Å². The Morgan fingerprint density at radius 3 is 2.81 bits per heavy atom. The summed E-state index contributed by atoms with van der Waals surface area (Å²) in [5, 5.41) is 2.44. The quantitative estimate of drug-likeness (QED) is 0.744. The zero-order valence-electron chi connectivity index (χ0n) is 9.15. The highest BCUT2D eigenvalue weighted by Crippen LogP contribution is 2.23. The van der Waals surface area contributed by atoms with E-state index in [1.54, 1.807) is 18.2 Å². The van der Waals surface area contributed by atoms with Crippen LogP contribution in [0.15, 0.2) is 18.2 Å². The number of benzene rings is 1. The average Bonchev–Trinajstić information content (AvgIpc) is 2.35. The summed E-state index contributed by atoms with van der Waals surface area (Å²) >= 11 is 0. The van der Waals surface area contributed by atoms with Crippen molar-refractivity contribution in [2.45, 2.75) is 0 Å². The lowest BCUT2D eigenvalue weighted by atomic mass is 10.2. The van der Waals surface area contributed by atoms with E-state index in [9.17, 15) is 9.59 Å². The molecule has 1 rings (SSSR count). The first-order chi connectivity index (χ1) is 7.71. The van der Waals surface area contributed by atoms with Crippen molar-refractivity contribution in [1.29, 1.82) is 0 Å². The van der Waals surface area contributed by atoms with Crippen molar-refractivity contribution in [3.05, 3.63) is 23.8 Å². The van der Waals surface area contributed by atoms with Crippen LogP contribution < -0.4 is 14.8 Å². The van der Waals surface area contributed by atoms with Crippen molar-refractivity contribution in [1.82, 2.24) is 5.32 Å². The summed E-state index contributed by atoms with van der Waals surface area (Å²) in [7, 11) is 2.99. The number of nitrogens with one attached hydrogen (secondary N) is 1. The lowest BCUT2D eigenvalue weighted by Gasteiger charge is -2.08. The number of amides is 1. The van der Waals surface area contributed by atoms with Crippen molar-refractivity contribution in [3.8, 4) is 11.5 Å². The first kappa shape index (κ1) is 12.0. The van der Waals surface area contributed by atoms with Gasteiger partial charge in [0.1, 0.15) is 11.5 Å². The topological polar surface area (TPSA) is 64.6 Å². The van der Waals surface area contributed by atoms with Gasteiger partial charge in [0, 0.05) is 13.1 Å². The molecule has 1 N–H and O–H groups in total. The normalized spacial score (nSPS) is 9.38. The van der Waals surface area contributed by atoms with Crippen molar-refractivity contribution in [2.75, 3.05) is 20.8 Å². The fraction of sp³-hybridized carbons (Fsp3) is 0.273. The molecule has 0 bridgehead atoms. The molecular formula is C11H13NO4. The molecule has 5 heteroatoms. The third-order valence-electron chi connectivity index (χ3n) is 1.98. The van der Waals surface area contributed by atoms with Crippen LogP contribution in [0.4, 0.5) is 0 Å². The maximum Gasteiger partial charge on any atom is 0.257 e. The smallest absolute Gasteiger partial charge is 0.257 e. The van der Waals surface area contributed by atoms with Gasteiger partial charge in [0.25, 0.3) is 5.91 Å². The fourth-order valence-electron chi connectivity index (χ4n) is 1.10. The van der Waals surface area contributed by atoms with Gasteiger partial charge in [-0.15, -0.1) is 0 Å². The van der Waals surface area contributed by atoms with Crippen molar-refractivity contribution >= 4 is 12.2 Å². The standard InChI is InChI=1S/C11H13NO4/c1-12-11(14)7-16-9-4-3-8(6-13)10(5-9)15-2/h3-6H,7H2,1-2H3,(H,12,14). The van der Waals surface area contributed by atoms with Gasteiger partial charge in [0.05, 0.1) is 12.7 Å². The zero-order chi connectivity index (χ0) is 12.0. The van der Waals surface area contributed by atoms with Gasteiger partial charge >= 0.3 is 0 Å². The molecule has 0 saturated carbocycles. The fourth-order valence-corrected chi connectivity index (χ4v) is 1.10. The average molecular weight is 223 g/mol. The van der Waals surface area contributed by atoms with Crippen LogP contribution in [0.5, 0.6) is 11.5 Å². The number of carbonyl (C=O) groups is 2. The Labute approximate surface area is 93.4 Å². The Morgan fingerprint density at radius 2 is 2.25 bits per heavy atom. The Hall–Kier alpha value is -2.04. The van der Waals surface area contributed by atoms with Crippen LogP contribution >= 0.6 is 0 Å². The van der Waals surface area contributed by atoms with E-state index in [4.69, 9.17) is 9.47 Å². The van der Waals surface area contributed by atoms with Crippen LogP contribution in [0.25, 0.3) is 0 Å². The Morgan fingerprint density at radius 1 is 1.50 bits per heavy atom. The number of carbonyl (C=O) groups excluding carboxylic acids is 2. The Kier molecular flexibility index (Phi) is 4.32. The molecule has 0 fully saturated rings. The van der Waals surface area contributed by atoms with Gasteiger partial charge in [-0.2, -0.15) is 0 Å². The first-order valence-electron chi connectivity index (χ1n) is 4.68. The number of hydrogen-bond acceptors (Lipinski definition) is 4. The second-order valence-corrected chi connectivity index (χ2v) is 2.98. The minimum absolute atomic E-state index is 0.0694. The molecule has 0 aromatic heterocycles. The molecule has 0 aliphatic rings. The molecule has 0 aliphatic carbocycles. The Bertz CT molecular complexity index is 390. The number of hydrogen-bond donors (Lipinski definition) is 1. The molecular weight excluding hydrogens is 210 g/mol. The molecule has 1 amide bonds. The van der Waals surface area contributed by atoms with Crippen LogP contribution in [0.3, 0.4) is 0 Å². The molecule has 0 spiro atoms. The molecule has 5 nitrogen and oxygen atoms in total. The monoisotopic (exact) mass is 223 g/mol. The van der Waals surface area contributed by atoms with Gasteiger partial charge in [0.15, 0.2) is 12.9 Å². The molecule has 1 aromatic rings. The lowest BCUT2D eigenvalue weighted by Crippen LogP contribution is -2.24. The van der Waals surface area contributed by atoms with Crippen LogP contribution in [-0.4, -0.2) is 33.0 Å². The van der Waals surface area contributed by atoms with Gasteiger partial charge in [-0.25, -0.2) is 0 Å². The molecule has 0 heterocycles. The zero-order valence-corrected chi connectivity index (χ0v) is 9.15. The highest BCUT2D eigenvalue weighted by molar-refractivity contribution is 5.80. The summed E-state index contributed by atoms with van der Waals surface area (Å²) in [6.45, 7) is -0.0694. The van der Waals surface area contributed by atoms with E-state index in [0.29, 0.717) is 23.3 Å². The number of likely N-dealkylation sites (N-methyl/N-ethyl adjacent to an activating group) is 1. The third-order valence-corrected chi connectivity index (χ3v) is 1.98. The number of aldehydes is 1. The number of rotatable bonds is 5. The van der Waals surface area contributed by atoms with E-state index in [0.717, 1.165) is 0 Å². The van der Waals surface area contributed by atoms with Crippen LogP contribution in [0, 0.1) is 0 Å². The summed E-state index contributed by atoms with van der Waals surface area (Å²) in [4.78, 5) is 21.6. The van der Waals surface area contributed by atoms with Gasteiger partial charge in [-0.05, 0) is 12.1 Å². The molecule has 0 radical (unpaired) electrons. The van der Waals surface area contributed by atoms with Gasteiger partial charge < -0.3 is 14.8 Å². The minimum atomic E-state index is -0.224. The number of methoxy groups -OCH3 is 1. The van der Waals surface area contributed by atoms with E-state index in [2.05, 4.69) is 5.32 Å². The van der Waals surface area contributed by atoms with Crippen molar-refractivity contribution in [3.63, 3.8) is 0 Å². The predicted molar refractivity (Wildman–Crippen MR) is 57.9 cm³/mol. The summed E-state index contributed by atoms with van der Waals surface area (Å²) in [5.41, 5.74) is 0.440. The molecule has 16 heavy (non-hydrogen) atoms. The Balaban J connectivity index is 2.75. The minimum Gasteiger partial charge on any atom is -0.496 e. The van der Waals surface area contributed by atoms with Gasteiger partial charge in [-0.3, -0.25) is 9.59 Å². The lowest BCUT2D eigenvalue weighted by molar-refractivity contribution is -0.122. The van der Waals surface area contributed by atoms with E-state index in [-0.39, 0.29) is 12.5 Å². The van der Waals surface area contributed by atoms with Gasteiger partial charge in [-0.1, -0.05) is 0 Å². The molecule has 86 valence electrons. The highest BCUT2D eigenvalue weighted by Gasteiger charge is 2.05. The summed E-state index contributed by atoms with van der Waals surface area (Å²) in [6, 6.07) is 4.74. The first-order valence-corrected chi connectivity index (χ1v) is 4.68. The van der Waals surface area contributed by atoms with E-state index >= 15 is 0 Å². The molecule has 0 aliphatic heterocycles. The highest BCUT2D eigenvalue weighted by atomic mass is 16.5. The van der Waals surface area contributed by atoms with E-state index in [1.165, 1.54) is 14.2 Å². The summed E-state index contributed by atoms with van der Waals surface area (Å²) in [5.74, 6) is 0.675. The molecule has 0 saturated heterocycles. The second kappa shape index (κ2) is 5.75. The largest absolute Gasteiger partial charge is 0.496 e. The molecule has 0 atom stereocenters. The van der Waals surface area contributed by atoms with Crippen LogP contribution in [-0.2, 0) is 4.79 Å². The van der Waals surface area contributed by atoms with Crippen molar-refractivity contribution < 1.29 is 19.1 Å². The SMILES string of the molecule is CNC(=O)COc1ccc(C=O)c(OC)c1.